The van der Waals surface area contributed by atoms with E-state index in [4.69, 9.17) is 16.7 Å². The molecular formula is C14H16ClNO3. The Morgan fingerprint density at radius 2 is 2.00 bits per heavy atom. The lowest BCUT2D eigenvalue weighted by molar-refractivity contribution is -0.141. The van der Waals surface area contributed by atoms with Crippen molar-refractivity contribution < 1.29 is 14.7 Å². The molecule has 0 aromatic heterocycles. The first-order chi connectivity index (χ1) is 9.02. The van der Waals surface area contributed by atoms with E-state index in [1.165, 1.54) is 6.08 Å². The maximum Gasteiger partial charge on any atom is 0.308 e. The topological polar surface area (TPSA) is 66.4 Å². The fourth-order valence-electron chi connectivity index (χ4n) is 1.43. The smallest absolute Gasteiger partial charge is 0.308 e. The monoisotopic (exact) mass is 281 g/mol. The van der Waals surface area contributed by atoms with E-state index in [0.717, 1.165) is 5.56 Å². The molecule has 1 unspecified atom stereocenters. The second-order valence-corrected chi connectivity index (χ2v) is 4.51. The van der Waals surface area contributed by atoms with E-state index in [1.807, 2.05) is 0 Å². The molecule has 0 aliphatic heterocycles. The van der Waals surface area contributed by atoms with Crippen molar-refractivity contribution in [2.45, 2.75) is 13.3 Å². The van der Waals surface area contributed by atoms with Gasteiger partial charge in [0.05, 0.1) is 5.92 Å². The first-order valence-electron chi connectivity index (χ1n) is 5.97. The van der Waals surface area contributed by atoms with E-state index >= 15 is 0 Å². The molecule has 0 radical (unpaired) electrons. The molecule has 2 N–H and O–H groups in total. The SMILES string of the molecule is CCC(CNC(=O)C=Cc1ccc(Cl)cc1)C(=O)O. The quantitative estimate of drug-likeness (QED) is 0.788. The molecule has 0 saturated heterocycles. The van der Waals surface area contributed by atoms with Crippen LogP contribution in [0, 0.1) is 5.92 Å². The molecular weight excluding hydrogens is 266 g/mol. The maximum absolute atomic E-state index is 11.5. The summed E-state index contributed by atoms with van der Waals surface area (Å²) in [6.07, 6.45) is 3.50. The maximum atomic E-state index is 11.5. The lowest BCUT2D eigenvalue weighted by atomic mass is 10.1. The van der Waals surface area contributed by atoms with Crippen LogP contribution in [-0.4, -0.2) is 23.5 Å². The zero-order chi connectivity index (χ0) is 14.3. The van der Waals surface area contributed by atoms with Gasteiger partial charge >= 0.3 is 5.97 Å². The zero-order valence-corrected chi connectivity index (χ0v) is 11.4. The Morgan fingerprint density at radius 1 is 1.37 bits per heavy atom. The van der Waals surface area contributed by atoms with Crippen molar-refractivity contribution in [1.82, 2.24) is 5.32 Å². The lowest BCUT2D eigenvalue weighted by Gasteiger charge is -2.09. The first-order valence-corrected chi connectivity index (χ1v) is 6.35. The van der Waals surface area contributed by atoms with Gasteiger partial charge in [-0.3, -0.25) is 9.59 Å². The number of hydrogen-bond acceptors (Lipinski definition) is 2. The molecule has 1 rings (SSSR count). The van der Waals surface area contributed by atoms with Crippen LogP contribution in [0.3, 0.4) is 0 Å². The fraction of sp³-hybridized carbons (Fsp3) is 0.286. The molecule has 1 amide bonds. The number of rotatable bonds is 6. The summed E-state index contributed by atoms with van der Waals surface area (Å²) in [5.41, 5.74) is 0.852. The van der Waals surface area contributed by atoms with Crippen LogP contribution in [0.1, 0.15) is 18.9 Å². The van der Waals surface area contributed by atoms with Gasteiger partial charge in [0.15, 0.2) is 0 Å². The highest BCUT2D eigenvalue weighted by Gasteiger charge is 2.14. The van der Waals surface area contributed by atoms with Gasteiger partial charge in [-0.25, -0.2) is 0 Å². The molecule has 0 spiro atoms. The van der Waals surface area contributed by atoms with Crippen LogP contribution in [0.15, 0.2) is 30.3 Å². The summed E-state index contributed by atoms with van der Waals surface area (Å²) < 4.78 is 0. The third-order valence-electron chi connectivity index (χ3n) is 2.66. The van der Waals surface area contributed by atoms with E-state index in [2.05, 4.69) is 5.32 Å². The molecule has 0 aliphatic rings. The number of benzene rings is 1. The molecule has 19 heavy (non-hydrogen) atoms. The molecule has 1 atom stereocenters. The summed E-state index contributed by atoms with van der Waals surface area (Å²) >= 11 is 5.75. The van der Waals surface area contributed by atoms with E-state index in [1.54, 1.807) is 37.3 Å². The predicted octanol–water partition coefficient (Wildman–Crippen LogP) is 2.58. The lowest BCUT2D eigenvalue weighted by Crippen LogP contribution is -2.31. The van der Waals surface area contributed by atoms with Gasteiger partial charge in [-0.15, -0.1) is 0 Å². The van der Waals surface area contributed by atoms with Gasteiger partial charge in [0.25, 0.3) is 0 Å². The number of hydrogen-bond donors (Lipinski definition) is 2. The van der Waals surface area contributed by atoms with Crippen LogP contribution in [0.5, 0.6) is 0 Å². The second kappa shape index (κ2) is 7.59. The molecule has 5 heteroatoms. The Bertz CT molecular complexity index is 468. The van der Waals surface area contributed by atoms with Crippen LogP contribution in [0.4, 0.5) is 0 Å². The van der Waals surface area contributed by atoms with Crippen molar-refractivity contribution >= 4 is 29.6 Å². The van der Waals surface area contributed by atoms with Gasteiger partial charge in [0.2, 0.25) is 5.91 Å². The summed E-state index contributed by atoms with van der Waals surface area (Å²) in [6, 6.07) is 7.05. The Hall–Kier alpha value is -1.81. The van der Waals surface area contributed by atoms with Crippen LogP contribution in [0.25, 0.3) is 6.08 Å². The number of carboxylic acid groups (broad SMARTS) is 1. The van der Waals surface area contributed by atoms with Crippen molar-refractivity contribution in [1.29, 1.82) is 0 Å². The van der Waals surface area contributed by atoms with E-state index in [-0.39, 0.29) is 12.5 Å². The van der Waals surface area contributed by atoms with Crippen LogP contribution in [0.2, 0.25) is 5.02 Å². The Morgan fingerprint density at radius 3 is 2.53 bits per heavy atom. The Labute approximate surface area is 117 Å². The van der Waals surface area contributed by atoms with Crippen molar-refractivity contribution in [2.24, 2.45) is 5.92 Å². The molecule has 0 aliphatic carbocycles. The van der Waals surface area contributed by atoms with Gasteiger partial charge in [-0.1, -0.05) is 30.7 Å². The minimum Gasteiger partial charge on any atom is -0.481 e. The summed E-state index contributed by atoms with van der Waals surface area (Å²) in [4.78, 5) is 22.3. The van der Waals surface area contributed by atoms with Crippen molar-refractivity contribution in [3.05, 3.63) is 40.9 Å². The number of carbonyl (C=O) groups excluding carboxylic acids is 1. The van der Waals surface area contributed by atoms with Gasteiger partial charge in [0.1, 0.15) is 0 Å². The fourth-order valence-corrected chi connectivity index (χ4v) is 1.56. The molecule has 4 nitrogen and oxygen atoms in total. The number of halogens is 1. The molecule has 1 aromatic carbocycles. The standard InChI is InChI=1S/C14H16ClNO3/c1-2-11(14(18)19)9-16-13(17)8-5-10-3-6-12(15)7-4-10/h3-8,11H,2,9H2,1H3,(H,16,17)(H,18,19). The first kappa shape index (κ1) is 15.2. The van der Waals surface area contributed by atoms with Crippen LogP contribution in [-0.2, 0) is 9.59 Å². The number of aliphatic carboxylic acids is 1. The average Bonchev–Trinajstić information content (AvgIpc) is 2.38. The highest BCUT2D eigenvalue weighted by molar-refractivity contribution is 6.30. The van der Waals surface area contributed by atoms with Crippen LogP contribution >= 0.6 is 11.6 Å². The van der Waals surface area contributed by atoms with Gasteiger partial charge in [-0.05, 0) is 30.2 Å². The van der Waals surface area contributed by atoms with Gasteiger partial charge in [0, 0.05) is 17.6 Å². The number of amides is 1. The van der Waals surface area contributed by atoms with Gasteiger partial charge in [-0.2, -0.15) is 0 Å². The molecule has 102 valence electrons. The number of nitrogens with one attached hydrogen (secondary N) is 1. The normalized spacial score (nSPS) is 12.3. The second-order valence-electron chi connectivity index (χ2n) is 4.07. The minimum absolute atomic E-state index is 0.135. The molecule has 1 aromatic rings. The molecule has 0 bridgehead atoms. The van der Waals surface area contributed by atoms with Crippen molar-refractivity contribution in [3.63, 3.8) is 0 Å². The third-order valence-corrected chi connectivity index (χ3v) is 2.91. The van der Waals surface area contributed by atoms with Crippen LogP contribution < -0.4 is 5.32 Å². The predicted molar refractivity (Wildman–Crippen MR) is 74.9 cm³/mol. The number of carboxylic acids is 1. The Balaban J connectivity index is 2.47. The summed E-state index contributed by atoms with van der Waals surface area (Å²) in [5, 5.41) is 12.0. The van der Waals surface area contributed by atoms with E-state index in [9.17, 15) is 9.59 Å². The summed E-state index contributed by atoms with van der Waals surface area (Å²) in [7, 11) is 0. The van der Waals surface area contributed by atoms with Crippen molar-refractivity contribution in [3.8, 4) is 0 Å². The zero-order valence-electron chi connectivity index (χ0n) is 10.6. The largest absolute Gasteiger partial charge is 0.481 e. The third kappa shape index (κ3) is 5.57. The number of carbonyl (C=O) groups is 2. The summed E-state index contributed by atoms with van der Waals surface area (Å²) in [6.45, 7) is 1.91. The minimum atomic E-state index is -0.899. The highest BCUT2D eigenvalue weighted by Crippen LogP contribution is 2.10. The van der Waals surface area contributed by atoms with Gasteiger partial charge < -0.3 is 10.4 Å². The van der Waals surface area contributed by atoms with Crippen molar-refractivity contribution in [2.75, 3.05) is 6.54 Å². The molecule has 0 fully saturated rings. The van der Waals surface area contributed by atoms with E-state index in [0.29, 0.717) is 11.4 Å². The average molecular weight is 282 g/mol. The molecule has 0 heterocycles. The molecule has 0 saturated carbocycles. The Kier molecular flexibility index (Phi) is 6.09. The highest BCUT2D eigenvalue weighted by atomic mass is 35.5. The summed E-state index contributed by atoms with van der Waals surface area (Å²) in [5.74, 6) is -1.76. The van der Waals surface area contributed by atoms with E-state index < -0.39 is 11.9 Å².